The third-order valence-electron chi connectivity index (χ3n) is 5.36. The first-order chi connectivity index (χ1) is 18.4. The molecule has 3 rings (SSSR count). The van der Waals surface area contributed by atoms with Crippen LogP contribution in [0.15, 0.2) is 91.0 Å². The van der Waals surface area contributed by atoms with Crippen molar-refractivity contribution >= 4 is 34.7 Å². The standard InChI is InChI=1S/3C11H11O2.Zr/c3*1-8(12)11(9(2)13)10-6-4-3-5-7-10;/h3*3-7H,1-2H3;/q3*-1;/p+6. The summed E-state index contributed by atoms with van der Waals surface area (Å²) in [7, 11) is 0. The van der Waals surface area contributed by atoms with Gasteiger partial charge in [0.15, 0.2) is 0 Å². The molecule has 0 amide bonds. The van der Waals surface area contributed by atoms with Gasteiger partial charge < -0.3 is 0 Å². The van der Waals surface area contributed by atoms with Gasteiger partial charge >= 0.3 is 0 Å². The first-order valence-electron chi connectivity index (χ1n) is 12.3. The summed E-state index contributed by atoms with van der Waals surface area (Å²) in [5.74, 6) is 2.29. The summed E-state index contributed by atoms with van der Waals surface area (Å²) in [6.45, 7) is 9.35. The van der Waals surface area contributed by atoms with Gasteiger partial charge in [0.25, 0.3) is 34.7 Å². The van der Waals surface area contributed by atoms with E-state index in [1.165, 1.54) is 0 Å². The van der Waals surface area contributed by atoms with Crippen LogP contribution in [0.3, 0.4) is 0 Å². The molecule has 0 unspecified atom stereocenters. The molecule has 6 nitrogen and oxygen atoms in total. The summed E-state index contributed by atoms with van der Waals surface area (Å²) >= 11 is 0. The molecule has 40 heavy (non-hydrogen) atoms. The maximum absolute atomic E-state index is 9.33. The molecule has 3 aromatic rings. The zero-order valence-electron chi connectivity index (χ0n) is 23.8. The average molecular weight is 623 g/mol. The van der Waals surface area contributed by atoms with Gasteiger partial charge in [0.05, 0.1) is 17.8 Å². The van der Waals surface area contributed by atoms with E-state index in [0.29, 0.717) is 17.8 Å². The molecular weight excluding hydrogens is 584 g/mol. The molecule has 0 spiro atoms. The second kappa shape index (κ2) is 18.5. The van der Waals surface area contributed by atoms with Crippen molar-refractivity contribution < 1.29 is 55.0 Å². The monoisotopic (exact) mass is 621 g/mol. The molecule has 0 atom stereocenters. The van der Waals surface area contributed by atoms with E-state index in [1.54, 1.807) is 41.5 Å². The molecule has 208 valence electrons. The topological polar surface area (TPSA) is 128 Å². The van der Waals surface area contributed by atoms with E-state index in [2.05, 4.69) is 0 Å². The van der Waals surface area contributed by atoms with Crippen LogP contribution in [0.4, 0.5) is 0 Å². The van der Waals surface area contributed by atoms with Gasteiger partial charge in [-0.2, -0.15) is 53.1 Å². The normalized spacial score (nSPS) is 9.15. The number of benzene rings is 3. The fourth-order valence-electron chi connectivity index (χ4n) is 3.85. The Labute approximate surface area is 255 Å². The molecule has 0 radical (unpaired) electrons. The Morgan fingerprint density at radius 1 is 0.350 bits per heavy atom. The third kappa shape index (κ3) is 11.9. The Morgan fingerprint density at radius 2 is 0.500 bits per heavy atom. The van der Waals surface area contributed by atoms with E-state index in [0.717, 1.165) is 16.7 Å². The maximum atomic E-state index is 9.33. The first kappa shape index (κ1) is 36.2. The van der Waals surface area contributed by atoms with Gasteiger partial charge in [-0.1, -0.05) is 18.2 Å². The van der Waals surface area contributed by atoms with Crippen molar-refractivity contribution in [3.63, 3.8) is 0 Å². The molecule has 0 fully saturated rings. The van der Waals surface area contributed by atoms with Gasteiger partial charge in [0.1, 0.15) is 0 Å². The van der Waals surface area contributed by atoms with E-state index in [1.807, 2.05) is 91.0 Å². The van der Waals surface area contributed by atoms with E-state index < -0.39 is 0 Å². The zero-order valence-corrected chi connectivity index (χ0v) is 26.3. The van der Waals surface area contributed by atoms with Gasteiger partial charge in [0.2, 0.25) is 0 Å². The van der Waals surface area contributed by atoms with Crippen LogP contribution in [-0.2, 0) is 26.2 Å². The largest absolute Gasteiger partial charge is 0.292 e. The Bertz CT molecular complexity index is 1070. The summed E-state index contributed by atoms with van der Waals surface area (Å²) in [6, 6.07) is 27.9. The zero-order chi connectivity index (χ0) is 29.5. The van der Waals surface area contributed by atoms with Crippen molar-refractivity contribution in [2.45, 2.75) is 41.5 Å². The third-order valence-corrected chi connectivity index (χ3v) is 5.36. The first-order valence-corrected chi connectivity index (χ1v) is 12.3. The summed E-state index contributed by atoms with van der Waals surface area (Å²) in [6.07, 6.45) is 0. The molecule has 6 N–H and O–H groups in total. The molecule has 0 aliphatic rings. The van der Waals surface area contributed by atoms with Crippen LogP contribution in [0.1, 0.15) is 58.2 Å². The van der Waals surface area contributed by atoms with Crippen LogP contribution >= 0.6 is 0 Å². The minimum atomic E-state index is 0. The van der Waals surface area contributed by atoms with Gasteiger partial charge in [-0.25, -0.2) is 0 Å². The second-order valence-corrected chi connectivity index (χ2v) is 8.74. The van der Waals surface area contributed by atoms with Gasteiger partial charge in [-0.15, -0.1) is 36.4 Å². The minimum Gasteiger partial charge on any atom is -0.292 e. The van der Waals surface area contributed by atoms with Crippen molar-refractivity contribution in [3.05, 3.63) is 125 Å². The van der Waals surface area contributed by atoms with Gasteiger partial charge in [-0.05, 0) is 0 Å². The molecule has 0 aliphatic carbocycles. The van der Waals surface area contributed by atoms with E-state index in [4.69, 9.17) is 0 Å². The SMILES string of the molecule is CC(=[OH+])[C-](C(C)=[OH+])c1ccccc1.CC(=[OH+])[C-](C(C)=[OH+])c1ccccc1.CC(=[OH+])[C-](C(C)=[OH+])c1ccccc1.[Zr]. The van der Waals surface area contributed by atoms with Crippen LogP contribution < -0.4 is 0 Å². The molecule has 7 heteroatoms. The number of hydrogen-bond donors (Lipinski definition) is 0. The predicted molar refractivity (Wildman–Crippen MR) is 162 cm³/mol. The molecule has 0 aliphatic heterocycles. The molecule has 0 bridgehead atoms. The van der Waals surface area contributed by atoms with Crippen molar-refractivity contribution in [2.75, 3.05) is 0 Å². The van der Waals surface area contributed by atoms with Crippen molar-refractivity contribution in [3.8, 4) is 0 Å². The van der Waals surface area contributed by atoms with Crippen molar-refractivity contribution in [1.29, 1.82) is 0 Å². The van der Waals surface area contributed by atoms with E-state index in [9.17, 15) is 28.8 Å². The van der Waals surface area contributed by atoms with E-state index in [-0.39, 0.29) is 60.9 Å². The Kier molecular flexibility index (Phi) is 16.7. The van der Waals surface area contributed by atoms with E-state index >= 15 is 0 Å². The molecular formula is C33H39O6Zr+3. The fourth-order valence-corrected chi connectivity index (χ4v) is 3.85. The Hall–Kier alpha value is -3.83. The van der Waals surface area contributed by atoms with Crippen LogP contribution in [-0.4, -0.2) is 63.5 Å². The van der Waals surface area contributed by atoms with Crippen LogP contribution in [0.2, 0.25) is 0 Å². The average Bonchev–Trinajstić information content (AvgIpc) is 2.85. The number of ketones is 6. The Morgan fingerprint density at radius 3 is 0.625 bits per heavy atom. The number of rotatable bonds is 9. The molecule has 0 saturated carbocycles. The van der Waals surface area contributed by atoms with Gasteiger partial charge in [-0.3, -0.25) is 28.8 Å². The quantitative estimate of drug-likeness (QED) is 0.176. The molecule has 0 aromatic heterocycles. The molecule has 0 heterocycles. The summed E-state index contributed by atoms with van der Waals surface area (Å²) in [5.41, 5.74) is 2.47. The minimum absolute atomic E-state index is 0. The predicted octanol–water partition coefficient (Wildman–Crippen LogP) is 5.21. The van der Waals surface area contributed by atoms with Crippen LogP contribution in [0.25, 0.3) is 0 Å². The summed E-state index contributed by atoms with van der Waals surface area (Å²) < 4.78 is 0. The van der Waals surface area contributed by atoms with Gasteiger partial charge in [0, 0.05) is 67.7 Å². The summed E-state index contributed by atoms with van der Waals surface area (Å²) in [5, 5.41) is 0. The fraction of sp³-hybridized carbons (Fsp3) is 0.182. The second-order valence-electron chi connectivity index (χ2n) is 8.74. The smallest absolute Gasteiger partial charge is 0.278 e. The molecule has 3 aromatic carbocycles. The Balaban J connectivity index is 0.000000563. The maximum Gasteiger partial charge on any atom is 0.278 e. The van der Waals surface area contributed by atoms with Crippen LogP contribution in [0.5, 0.6) is 0 Å². The molecule has 0 saturated heterocycles. The number of hydrogen-bond acceptors (Lipinski definition) is 0. The number of carbonyl (C=O) groups excluding carboxylic acids is 6. The van der Waals surface area contributed by atoms with Crippen molar-refractivity contribution in [1.82, 2.24) is 0 Å². The van der Waals surface area contributed by atoms with Crippen LogP contribution in [0, 0.1) is 17.8 Å². The summed E-state index contributed by atoms with van der Waals surface area (Å²) in [4.78, 5) is 56.0. The van der Waals surface area contributed by atoms with Crippen molar-refractivity contribution in [2.24, 2.45) is 0 Å².